The number of hydrogen-bond acceptors (Lipinski definition) is 4. The predicted molar refractivity (Wildman–Crippen MR) is 81.2 cm³/mol. The third-order valence-corrected chi connectivity index (χ3v) is 3.30. The number of carbonyl (C=O) groups is 1. The fraction of sp³-hybridized carbons (Fsp3) is 0.471. The van der Waals surface area contributed by atoms with Gasteiger partial charge in [0.25, 0.3) is 0 Å². The Morgan fingerprint density at radius 1 is 1.33 bits per heavy atom. The summed E-state index contributed by atoms with van der Waals surface area (Å²) in [7, 11) is 2.89. The minimum absolute atomic E-state index is 0.164. The summed E-state index contributed by atoms with van der Waals surface area (Å²) in [5.41, 5.74) is 1.03. The standard InChI is InChI=1S/C17H22O4/c1-5-14-11-13(7-8-15(14)16(18)21-4)9-10-17(19,6-2)12-20-3/h7-8,11,19H,5-6,12H2,1-4H3/t17-/m0/s1. The molecule has 0 unspecified atom stereocenters. The van der Waals surface area contributed by atoms with Gasteiger partial charge in [-0.1, -0.05) is 25.7 Å². The highest BCUT2D eigenvalue weighted by atomic mass is 16.5. The van der Waals surface area contributed by atoms with E-state index in [0.29, 0.717) is 18.4 Å². The van der Waals surface area contributed by atoms with Gasteiger partial charge in [-0.3, -0.25) is 0 Å². The third kappa shape index (κ3) is 4.59. The molecule has 0 heterocycles. The van der Waals surface area contributed by atoms with Crippen LogP contribution in [0.3, 0.4) is 0 Å². The van der Waals surface area contributed by atoms with E-state index in [9.17, 15) is 9.90 Å². The smallest absolute Gasteiger partial charge is 0.338 e. The van der Waals surface area contributed by atoms with Crippen molar-refractivity contribution >= 4 is 5.97 Å². The number of carbonyl (C=O) groups excluding carboxylic acids is 1. The molecule has 1 atom stereocenters. The van der Waals surface area contributed by atoms with Crippen LogP contribution in [0.2, 0.25) is 0 Å². The fourth-order valence-electron chi connectivity index (χ4n) is 1.93. The van der Waals surface area contributed by atoms with E-state index in [0.717, 1.165) is 11.1 Å². The van der Waals surface area contributed by atoms with Crippen molar-refractivity contribution in [1.82, 2.24) is 0 Å². The average Bonchev–Trinajstić information content (AvgIpc) is 2.52. The zero-order valence-corrected chi connectivity index (χ0v) is 13.0. The van der Waals surface area contributed by atoms with Crippen LogP contribution in [-0.4, -0.2) is 37.5 Å². The van der Waals surface area contributed by atoms with Gasteiger partial charge in [0.1, 0.15) is 5.60 Å². The number of benzene rings is 1. The molecule has 4 nitrogen and oxygen atoms in total. The summed E-state index contributed by atoms with van der Waals surface area (Å²) < 4.78 is 9.73. The number of methoxy groups -OCH3 is 2. The molecule has 21 heavy (non-hydrogen) atoms. The zero-order chi connectivity index (χ0) is 15.9. The number of hydrogen-bond donors (Lipinski definition) is 1. The summed E-state index contributed by atoms with van der Waals surface area (Å²) >= 11 is 0. The zero-order valence-electron chi connectivity index (χ0n) is 13.0. The highest BCUT2D eigenvalue weighted by molar-refractivity contribution is 5.91. The second-order valence-electron chi connectivity index (χ2n) is 4.79. The van der Waals surface area contributed by atoms with Crippen molar-refractivity contribution in [3.8, 4) is 11.8 Å². The molecule has 114 valence electrons. The molecule has 1 aromatic carbocycles. The van der Waals surface area contributed by atoms with E-state index in [2.05, 4.69) is 11.8 Å². The highest BCUT2D eigenvalue weighted by Gasteiger charge is 2.21. The Hall–Kier alpha value is -1.83. The van der Waals surface area contributed by atoms with Crippen LogP contribution >= 0.6 is 0 Å². The van der Waals surface area contributed by atoms with Crippen LogP contribution in [-0.2, 0) is 15.9 Å². The predicted octanol–water partition coefficient (Wildman–Crippen LogP) is 2.17. The molecule has 0 radical (unpaired) electrons. The molecule has 0 fully saturated rings. The molecule has 0 saturated heterocycles. The fourth-order valence-corrected chi connectivity index (χ4v) is 1.93. The van der Waals surface area contributed by atoms with Gasteiger partial charge in [0, 0.05) is 12.7 Å². The lowest BCUT2D eigenvalue weighted by atomic mass is 9.99. The van der Waals surface area contributed by atoms with Crippen LogP contribution in [0.25, 0.3) is 0 Å². The number of aryl methyl sites for hydroxylation is 1. The van der Waals surface area contributed by atoms with Crippen molar-refractivity contribution in [2.24, 2.45) is 0 Å². The first-order chi connectivity index (χ1) is 9.99. The second-order valence-corrected chi connectivity index (χ2v) is 4.79. The Kier molecular flexibility index (Phi) is 6.41. The maximum atomic E-state index is 11.6. The van der Waals surface area contributed by atoms with Gasteiger partial charge in [-0.2, -0.15) is 0 Å². The lowest BCUT2D eigenvalue weighted by Crippen LogP contribution is -2.31. The molecule has 0 spiro atoms. The average molecular weight is 290 g/mol. The Balaban J connectivity index is 3.09. The summed E-state index contributed by atoms with van der Waals surface area (Å²) in [6.07, 6.45) is 1.19. The normalized spacial score (nSPS) is 13.0. The summed E-state index contributed by atoms with van der Waals surface area (Å²) in [6, 6.07) is 5.30. The van der Waals surface area contributed by atoms with Gasteiger partial charge < -0.3 is 14.6 Å². The van der Waals surface area contributed by atoms with E-state index in [1.165, 1.54) is 14.2 Å². The quantitative estimate of drug-likeness (QED) is 0.667. The van der Waals surface area contributed by atoms with Crippen LogP contribution in [0.1, 0.15) is 41.8 Å². The van der Waals surface area contributed by atoms with Gasteiger partial charge >= 0.3 is 5.97 Å². The first-order valence-electron chi connectivity index (χ1n) is 6.95. The Bertz CT molecular complexity index is 554. The van der Waals surface area contributed by atoms with E-state index >= 15 is 0 Å². The second kappa shape index (κ2) is 7.82. The largest absolute Gasteiger partial charge is 0.465 e. The van der Waals surface area contributed by atoms with Crippen molar-refractivity contribution in [1.29, 1.82) is 0 Å². The van der Waals surface area contributed by atoms with Crippen LogP contribution in [0, 0.1) is 11.8 Å². The number of rotatable bonds is 5. The number of esters is 1. The SMILES string of the molecule is CCc1cc(C#C[C@@](O)(CC)COC)ccc1C(=O)OC. The lowest BCUT2D eigenvalue weighted by Gasteiger charge is -2.18. The molecule has 0 aliphatic rings. The van der Waals surface area contributed by atoms with Crippen LogP contribution in [0.4, 0.5) is 0 Å². The summed E-state index contributed by atoms with van der Waals surface area (Å²) in [5, 5.41) is 10.2. The van der Waals surface area contributed by atoms with Gasteiger partial charge in [-0.15, -0.1) is 0 Å². The Morgan fingerprint density at radius 3 is 2.57 bits per heavy atom. The Labute approximate surface area is 126 Å². The van der Waals surface area contributed by atoms with E-state index in [1.807, 2.05) is 19.9 Å². The summed E-state index contributed by atoms with van der Waals surface area (Å²) in [4.78, 5) is 11.6. The van der Waals surface area contributed by atoms with Crippen LogP contribution < -0.4 is 0 Å². The van der Waals surface area contributed by atoms with Gasteiger partial charge in [-0.05, 0) is 36.6 Å². The van der Waals surface area contributed by atoms with Crippen molar-refractivity contribution in [3.63, 3.8) is 0 Å². The van der Waals surface area contributed by atoms with E-state index in [4.69, 9.17) is 9.47 Å². The number of aliphatic hydroxyl groups is 1. The van der Waals surface area contributed by atoms with Gasteiger partial charge in [0.15, 0.2) is 0 Å². The van der Waals surface area contributed by atoms with Crippen LogP contribution in [0.5, 0.6) is 0 Å². The van der Waals surface area contributed by atoms with Crippen molar-refractivity contribution in [3.05, 3.63) is 34.9 Å². The van der Waals surface area contributed by atoms with Gasteiger partial charge in [0.2, 0.25) is 0 Å². The molecule has 0 aliphatic carbocycles. The number of ether oxygens (including phenoxy) is 2. The Morgan fingerprint density at radius 2 is 2.05 bits per heavy atom. The molecule has 1 aromatic rings. The minimum atomic E-state index is -1.15. The van der Waals surface area contributed by atoms with Crippen LogP contribution in [0.15, 0.2) is 18.2 Å². The summed E-state index contributed by atoms with van der Waals surface area (Å²) in [6.45, 7) is 3.98. The van der Waals surface area contributed by atoms with Gasteiger partial charge in [-0.25, -0.2) is 4.79 Å². The lowest BCUT2D eigenvalue weighted by molar-refractivity contribution is 0.0111. The van der Waals surface area contributed by atoms with E-state index in [-0.39, 0.29) is 12.6 Å². The third-order valence-electron chi connectivity index (χ3n) is 3.30. The molecule has 0 aliphatic heterocycles. The first kappa shape index (κ1) is 17.2. The maximum Gasteiger partial charge on any atom is 0.338 e. The minimum Gasteiger partial charge on any atom is -0.465 e. The van der Waals surface area contributed by atoms with Gasteiger partial charge in [0.05, 0.1) is 19.3 Å². The van der Waals surface area contributed by atoms with Crippen molar-refractivity contribution in [2.75, 3.05) is 20.8 Å². The van der Waals surface area contributed by atoms with Crippen molar-refractivity contribution in [2.45, 2.75) is 32.3 Å². The molecule has 0 bridgehead atoms. The molecule has 0 aromatic heterocycles. The molecule has 1 rings (SSSR count). The topological polar surface area (TPSA) is 55.8 Å². The molecular formula is C17H22O4. The first-order valence-corrected chi connectivity index (χ1v) is 6.95. The maximum absolute atomic E-state index is 11.6. The molecule has 0 saturated carbocycles. The van der Waals surface area contributed by atoms with Crippen molar-refractivity contribution < 1.29 is 19.4 Å². The highest BCUT2D eigenvalue weighted by Crippen LogP contribution is 2.15. The summed E-state index contributed by atoms with van der Waals surface area (Å²) in [5.74, 6) is 5.44. The van der Waals surface area contributed by atoms with E-state index in [1.54, 1.807) is 12.1 Å². The molecule has 0 amide bonds. The molecule has 1 N–H and O–H groups in total. The monoisotopic (exact) mass is 290 g/mol. The molecular weight excluding hydrogens is 268 g/mol. The molecule has 4 heteroatoms. The van der Waals surface area contributed by atoms with E-state index < -0.39 is 5.60 Å².